The van der Waals surface area contributed by atoms with Crippen LogP contribution in [-0.2, 0) is 0 Å². The maximum atomic E-state index is 4.06. The van der Waals surface area contributed by atoms with Gasteiger partial charge in [0.25, 0.3) is 0 Å². The Hall–Kier alpha value is -5.38. The van der Waals surface area contributed by atoms with Crippen molar-refractivity contribution >= 4 is 38.6 Å². The summed E-state index contributed by atoms with van der Waals surface area (Å²) >= 11 is 0. The van der Waals surface area contributed by atoms with E-state index in [0.717, 1.165) is 12.1 Å². The highest BCUT2D eigenvalue weighted by Gasteiger charge is 2.34. The van der Waals surface area contributed by atoms with Gasteiger partial charge in [0.05, 0.1) is 17.1 Å². The van der Waals surface area contributed by atoms with Crippen LogP contribution in [0.3, 0.4) is 0 Å². The van der Waals surface area contributed by atoms with Crippen molar-refractivity contribution in [2.75, 3.05) is 5.32 Å². The van der Waals surface area contributed by atoms with E-state index < -0.39 is 0 Å². The molecule has 3 atom stereocenters. The number of hydrogen-bond acceptors (Lipinski definition) is 2. The van der Waals surface area contributed by atoms with Crippen LogP contribution in [0.1, 0.15) is 41.0 Å². The second kappa shape index (κ2) is 9.56. The van der Waals surface area contributed by atoms with Gasteiger partial charge >= 0.3 is 0 Å². The molecular weight excluding hydrogens is 546 g/mol. The van der Waals surface area contributed by atoms with Crippen LogP contribution in [0.25, 0.3) is 44.1 Å². The van der Waals surface area contributed by atoms with Gasteiger partial charge < -0.3 is 9.88 Å². The van der Waals surface area contributed by atoms with Crippen molar-refractivity contribution in [1.82, 2.24) is 9.88 Å². The molecule has 2 N–H and O–H groups in total. The normalized spacial score (nSPS) is 21.0. The Labute approximate surface area is 262 Å². The summed E-state index contributed by atoms with van der Waals surface area (Å²) in [7, 11) is 0. The Bertz CT molecular complexity index is 2310. The zero-order valence-corrected chi connectivity index (χ0v) is 24.7. The van der Waals surface area contributed by atoms with Crippen molar-refractivity contribution < 1.29 is 0 Å². The van der Waals surface area contributed by atoms with Crippen LogP contribution in [0, 0.1) is 5.92 Å². The van der Waals surface area contributed by atoms with Gasteiger partial charge in [-0.05, 0) is 63.1 Å². The lowest BCUT2D eigenvalue weighted by Gasteiger charge is -2.37. The molecule has 5 aromatic carbocycles. The van der Waals surface area contributed by atoms with Gasteiger partial charge in [-0.2, -0.15) is 0 Å². The number of rotatable bonds is 2. The first-order valence-corrected chi connectivity index (χ1v) is 16.0. The van der Waals surface area contributed by atoms with E-state index >= 15 is 0 Å². The van der Waals surface area contributed by atoms with Crippen LogP contribution in [0.15, 0.2) is 151 Å². The van der Waals surface area contributed by atoms with E-state index in [9.17, 15) is 0 Å². The third kappa shape index (κ3) is 3.56. The van der Waals surface area contributed by atoms with Gasteiger partial charge in [-0.25, -0.2) is 0 Å². The van der Waals surface area contributed by atoms with E-state index in [1.165, 1.54) is 71.9 Å². The Morgan fingerprint density at radius 3 is 2.42 bits per heavy atom. The molecule has 10 rings (SSSR count). The first kappa shape index (κ1) is 25.0. The molecular formula is C42H31N3. The molecule has 0 fully saturated rings. The molecule has 0 radical (unpaired) electrons. The average Bonchev–Trinajstić information content (AvgIpc) is 3.39. The minimum atomic E-state index is -0.176. The standard InChI is InChI=1S/C42H31N3/c1-2-12-27(13-3-1)40-35-19-6-8-22-36(35)43-42(44-40)45-37-23-9-7-17-29(37)34-25-24-33-32-21-11-15-26-14-10-20-30(38(26)32)28-16-4-5-18-31(28)39(33)41(34)45/h1-13,15-26,40,42-44H,14H2. The lowest BCUT2D eigenvalue weighted by molar-refractivity contribution is 0.417. The Morgan fingerprint density at radius 1 is 0.689 bits per heavy atom. The SMILES string of the molecule is C1=CC2CC=CC3=C2C(=C1)c1ccc2c4ccccc4n(C4Nc5ccccc5C(c5ccccc5)N4)c2c1-c1ccccc13. The van der Waals surface area contributed by atoms with Crippen LogP contribution in [0.4, 0.5) is 5.69 Å². The summed E-state index contributed by atoms with van der Waals surface area (Å²) < 4.78 is 2.53. The highest BCUT2D eigenvalue weighted by Crippen LogP contribution is 2.53. The van der Waals surface area contributed by atoms with Gasteiger partial charge in [-0.3, -0.25) is 5.32 Å². The first-order chi connectivity index (χ1) is 22.3. The molecule has 3 nitrogen and oxygen atoms in total. The quantitative estimate of drug-likeness (QED) is 0.214. The summed E-state index contributed by atoms with van der Waals surface area (Å²) in [4.78, 5) is 0. The Balaban J connectivity index is 1.30. The molecule has 1 aliphatic heterocycles. The minimum absolute atomic E-state index is 0.0468. The van der Waals surface area contributed by atoms with Crippen LogP contribution in [-0.4, -0.2) is 4.57 Å². The lowest BCUT2D eigenvalue weighted by atomic mass is 9.77. The fourth-order valence-electron chi connectivity index (χ4n) is 8.27. The van der Waals surface area contributed by atoms with Crippen molar-refractivity contribution in [2.24, 2.45) is 5.92 Å². The zero-order valence-electron chi connectivity index (χ0n) is 24.7. The van der Waals surface area contributed by atoms with Crippen molar-refractivity contribution in [1.29, 1.82) is 0 Å². The summed E-state index contributed by atoms with van der Waals surface area (Å²) in [6.45, 7) is 0. The summed E-state index contributed by atoms with van der Waals surface area (Å²) in [5, 5.41) is 10.5. The van der Waals surface area contributed by atoms with Gasteiger partial charge in [0.2, 0.25) is 0 Å². The number of anilines is 1. The average molecular weight is 578 g/mol. The zero-order chi connectivity index (χ0) is 29.5. The van der Waals surface area contributed by atoms with Crippen molar-refractivity contribution in [2.45, 2.75) is 18.8 Å². The third-order valence-corrected chi connectivity index (χ3v) is 10.2. The molecule has 3 unspecified atom stereocenters. The number of fused-ring (bicyclic) bond motifs is 10. The van der Waals surface area contributed by atoms with Crippen LogP contribution < -0.4 is 10.6 Å². The number of nitrogens with one attached hydrogen (secondary N) is 2. The molecule has 3 heteroatoms. The minimum Gasteiger partial charge on any atom is -0.352 e. The number of nitrogens with zero attached hydrogens (tertiary/aromatic N) is 1. The Morgan fingerprint density at radius 2 is 1.49 bits per heavy atom. The van der Waals surface area contributed by atoms with Crippen LogP contribution in [0.2, 0.25) is 0 Å². The van der Waals surface area contributed by atoms with E-state index in [1.54, 1.807) is 0 Å². The largest absolute Gasteiger partial charge is 0.352 e. The van der Waals surface area contributed by atoms with Crippen LogP contribution >= 0.6 is 0 Å². The monoisotopic (exact) mass is 577 g/mol. The molecule has 3 aliphatic carbocycles. The van der Waals surface area contributed by atoms with E-state index in [2.05, 4.69) is 161 Å². The molecule has 2 heterocycles. The second-order valence-corrected chi connectivity index (χ2v) is 12.5. The van der Waals surface area contributed by atoms with Crippen molar-refractivity contribution in [3.05, 3.63) is 173 Å². The van der Waals surface area contributed by atoms with Gasteiger partial charge in [0.1, 0.15) is 0 Å². The number of para-hydroxylation sites is 2. The molecule has 0 spiro atoms. The number of hydrogen-bond donors (Lipinski definition) is 2. The van der Waals surface area contributed by atoms with E-state index in [-0.39, 0.29) is 12.3 Å². The predicted octanol–water partition coefficient (Wildman–Crippen LogP) is 10.0. The maximum absolute atomic E-state index is 4.06. The molecule has 0 amide bonds. The second-order valence-electron chi connectivity index (χ2n) is 12.5. The highest BCUT2D eigenvalue weighted by molar-refractivity contribution is 6.18. The summed E-state index contributed by atoms with van der Waals surface area (Å²) in [5.74, 6) is 0.398. The topological polar surface area (TPSA) is 29.0 Å². The third-order valence-electron chi connectivity index (χ3n) is 10.2. The fourth-order valence-corrected chi connectivity index (χ4v) is 8.27. The van der Waals surface area contributed by atoms with Crippen molar-refractivity contribution in [3.8, 4) is 11.1 Å². The molecule has 45 heavy (non-hydrogen) atoms. The molecule has 1 aromatic heterocycles. The molecule has 4 aliphatic rings. The Kier molecular flexibility index (Phi) is 5.31. The van der Waals surface area contributed by atoms with Gasteiger partial charge in [-0.15, -0.1) is 0 Å². The smallest absolute Gasteiger partial charge is 0.160 e. The summed E-state index contributed by atoms with van der Waals surface area (Å²) in [5.41, 5.74) is 15.5. The lowest BCUT2D eigenvalue weighted by Crippen LogP contribution is -2.40. The molecule has 6 aromatic rings. The summed E-state index contributed by atoms with van der Waals surface area (Å²) in [6, 6.07) is 42.3. The number of allylic oxidation sites excluding steroid dienone is 8. The van der Waals surface area contributed by atoms with Gasteiger partial charge in [0.15, 0.2) is 6.29 Å². The highest BCUT2D eigenvalue weighted by atomic mass is 15.3. The van der Waals surface area contributed by atoms with E-state index in [1.807, 2.05) is 0 Å². The number of benzene rings is 5. The summed E-state index contributed by atoms with van der Waals surface area (Å²) in [6.07, 6.45) is 12.6. The van der Waals surface area contributed by atoms with E-state index in [4.69, 9.17) is 0 Å². The molecule has 214 valence electrons. The van der Waals surface area contributed by atoms with Gasteiger partial charge in [0, 0.05) is 27.9 Å². The first-order valence-electron chi connectivity index (χ1n) is 16.0. The van der Waals surface area contributed by atoms with E-state index in [0.29, 0.717) is 5.92 Å². The fraction of sp³-hybridized carbons (Fsp3) is 0.0952. The maximum Gasteiger partial charge on any atom is 0.160 e. The number of aromatic nitrogens is 1. The molecule has 0 saturated heterocycles. The predicted molar refractivity (Wildman–Crippen MR) is 187 cm³/mol. The molecule has 0 saturated carbocycles. The van der Waals surface area contributed by atoms with Crippen molar-refractivity contribution in [3.63, 3.8) is 0 Å². The van der Waals surface area contributed by atoms with Crippen LogP contribution in [0.5, 0.6) is 0 Å². The molecule has 0 bridgehead atoms. The van der Waals surface area contributed by atoms with Gasteiger partial charge in [-0.1, -0.05) is 134 Å².